The first-order valence-corrected chi connectivity index (χ1v) is 12.0. The van der Waals surface area contributed by atoms with Crippen LogP contribution >= 0.6 is 0 Å². The monoisotopic (exact) mass is 499 g/mol. The summed E-state index contributed by atoms with van der Waals surface area (Å²) in [5.74, 6) is 0.127. The Kier molecular flexibility index (Phi) is 7.86. The van der Waals surface area contributed by atoms with Gasteiger partial charge in [-0.25, -0.2) is 9.97 Å². The van der Waals surface area contributed by atoms with Crippen molar-refractivity contribution >= 4 is 39.8 Å². The van der Waals surface area contributed by atoms with E-state index in [4.69, 9.17) is 9.82 Å². The zero-order valence-electron chi connectivity index (χ0n) is 22.0. The Morgan fingerprint density at radius 3 is 2.65 bits per heavy atom. The highest BCUT2D eigenvalue weighted by molar-refractivity contribution is 6.01. The van der Waals surface area contributed by atoms with Gasteiger partial charge in [0.2, 0.25) is 5.91 Å². The molecule has 2 aromatic carbocycles. The smallest absolute Gasteiger partial charge is 0.255 e. The van der Waals surface area contributed by atoms with Gasteiger partial charge in [-0.3, -0.25) is 9.63 Å². The van der Waals surface area contributed by atoms with E-state index in [-0.39, 0.29) is 5.91 Å². The van der Waals surface area contributed by atoms with Crippen molar-refractivity contribution in [1.29, 1.82) is 0 Å². The number of carbonyl (C=O) groups excluding carboxylic acids is 1. The second kappa shape index (κ2) is 11.2. The average Bonchev–Trinajstić information content (AvgIpc) is 3.25. The maximum absolute atomic E-state index is 12.1. The lowest BCUT2D eigenvalue weighted by Crippen LogP contribution is -2.29. The normalized spacial score (nSPS) is 11.1. The van der Waals surface area contributed by atoms with Gasteiger partial charge in [0.25, 0.3) is 5.95 Å². The summed E-state index contributed by atoms with van der Waals surface area (Å²) in [6.07, 6.45) is 5.06. The number of amides is 1. The van der Waals surface area contributed by atoms with E-state index >= 15 is 0 Å². The van der Waals surface area contributed by atoms with Gasteiger partial charge < -0.3 is 19.7 Å². The van der Waals surface area contributed by atoms with E-state index in [1.807, 2.05) is 64.6 Å². The van der Waals surface area contributed by atoms with Crippen LogP contribution in [0.25, 0.3) is 22.2 Å². The van der Waals surface area contributed by atoms with Crippen LogP contribution in [-0.4, -0.2) is 66.7 Å². The maximum atomic E-state index is 12.1. The molecular weight excluding hydrogens is 466 g/mol. The number of aromatic nitrogens is 3. The summed E-state index contributed by atoms with van der Waals surface area (Å²) in [6, 6.07) is 15.8. The number of likely N-dealkylation sites (N-methyl/N-ethyl adjacent to an activating group) is 2. The number of carbonyl (C=O) groups is 1. The molecule has 2 aromatic heterocycles. The number of hydrogen-bond donors (Lipinski definition) is 1. The van der Waals surface area contributed by atoms with Crippen molar-refractivity contribution in [1.82, 2.24) is 19.4 Å². The van der Waals surface area contributed by atoms with Crippen molar-refractivity contribution in [2.75, 3.05) is 56.6 Å². The molecule has 0 saturated heterocycles. The summed E-state index contributed by atoms with van der Waals surface area (Å²) in [5.41, 5.74) is 5.18. The molecule has 9 heteroatoms. The van der Waals surface area contributed by atoms with Crippen LogP contribution < -0.4 is 15.3 Å². The Labute approximate surface area is 217 Å². The molecule has 192 valence electrons. The third-order valence-corrected chi connectivity index (χ3v) is 6.13. The maximum Gasteiger partial charge on any atom is 0.255 e. The number of nitrogens with one attached hydrogen (secondary N) is 1. The quantitative estimate of drug-likeness (QED) is 0.255. The molecule has 1 amide bonds. The van der Waals surface area contributed by atoms with Gasteiger partial charge >= 0.3 is 0 Å². The standard InChI is InChI=1S/C28H33N7O2/c1-7-27(36)30-24-13-12-20(18-26(24)33(4)17-16-32(2)3)35(37-6)28-29-15-14-23(31-28)22-19-34(5)25-11-9-8-10-21(22)25/h7-15,18-19H,1,16-17H2,2-6H3,(H,30,36). The minimum Gasteiger partial charge on any atom is -0.372 e. The summed E-state index contributed by atoms with van der Waals surface area (Å²) < 4.78 is 2.09. The zero-order chi connectivity index (χ0) is 26.5. The van der Waals surface area contributed by atoms with Gasteiger partial charge in [-0.1, -0.05) is 24.8 Å². The predicted octanol–water partition coefficient (Wildman–Crippen LogP) is 4.46. The molecule has 0 aliphatic carbocycles. The zero-order valence-corrected chi connectivity index (χ0v) is 22.0. The number of nitrogens with zero attached hydrogens (tertiary/aromatic N) is 6. The van der Waals surface area contributed by atoms with Gasteiger partial charge in [-0.15, -0.1) is 0 Å². The first-order valence-electron chi connectivity index (χ1n) is 12.0. The summed E-state index contributed by atoms with van der Waals surface area (Å²) in [5, 5.41) is 5.59. The van der Waals surface area contributed by atoms with E-state index in [2.05, 4.69) is 49.6 Å². The number of rotatable bonds is 10. The number of benzene rings is 2. The summed E-state index contributed by atoms with van der Waals surface area (Å²) in [7, 11) is 9.64. The summed E-state index contributed by atoms with van der Waals surface area (Å²) in [4.78, 5) is 31.4. The molecule has 0 fully saturated rings. The number of fused-ring (bicyclic) bond motifs is 1. The van der Waals surface area contributed by atoms with Gasteiger partial charge in [-0.2, -0.15) is 5.06 Å². The molecular formula is C28H33N7O2. The second-order valence-electron chi connectivity index (χ2n) is 9.01. The summed E-state index contributed by atoms with van der Waals surface area (Å²) >= 11 is 0. The van der Waals surface area contributed by atoms with Crippen molar-refractivity contribution in [2.45, 2.75) is 0 Å². The molecule has 37 heavy (non-hydrogen) atoms. The molecule has 0 aliphatic rings. The first-order chi connectivity index (χ1) is 17.8. The van der Waals surface area contributed by atoms with E-state index < -0.39 is 0 Å². The van der Waals surface area contributed by atoms with Crippen molar-refractivity contribution in [3.8, 4) is 11.3 Å². The van der Waals surface area contributed by atoms with Crippen molar-refractivity contribution in [3.63, 3.8) is 0 Å². The van der Waals surface area contributed by atoms with Gasteiger partial charge in [-0.05, 0) is 50.5 Å². The van der Waals surface area contributed by atoms with Gasteiger partial charge in [0, 0.05) is 56.0 Å². The Balaban J connectivity index is 1.73. The fourth-order valence-corrected chi connectivity index (χ4v) is 4.17. The Morgan fingerprint density at radius 2 is 1.92 bits per heavy atom. The lowest BCUT2D eigenvalue weighted by atomic mass is 10.1. The van der Waals surface area contributed by atoms with Crippen LogP contribution in [0, 0.1) is 0 Å². The van der Waals surface area contributed by atoms with Crippen molar-refractivity contribution in [3.05, 3.63) is 73.6 Å². The molecule has 0 radical (unpaired) electrons. The second-order valence-corrected chi connectivity index (χ2v) is 9.01. The fourth-order valence-electron chi connectivity index (χ4n) is 4.17. The minimum absolute atomic E-state index is 0.273. The highest BCUT2D eigenvalue weighted by Gasteiger charge is 2.19. The van der Waals surface area contributed by atoms with Gasteiger partial charge in [0.15, 0.2) is 0 Å². The minimum atomic E-state index is -0.273. The van der Waals surface area contributed by atoms with E-state index in [0.29, 0.717) is 11.6 Å². The molecule has 4 aromatic rings. The van der Waals surface area contributed by atoms with E-state index in [9.17, 15) is 4.79 Å². The average molecular weight is 500 g/mol. The predicted molar refractivity (Wildman–Crippen MR) is 150 cm³/mol. The van der Waals surface area contributed by atoms with E-state index in [1.165, 1.54) is 6.08 Å². The topological polar surface area (TPSA) is 78.8 Å². The fraction of sp³-hybridized carbons (Fsp3) is 0.250. The van der Waals surface area contributed by atoms with E-state index in [1.54, 1.807) is 18.4 Å². The van der Waals surface area contributed by atoms with Crippen LogP contribution in [0.2, 0.25) is 0 Å². The van der Waals surface area contributed by atoms with E-state index in [0.717, 1.165) is 46.6 Å². The molecule has 0 unspecified atom stereocenters. The Morgan fingerprint density at radius 1 is 1.14 bits per heavy atom. The van der Waals surface area contributed by atoms with Crippen LogP contribution in [0.5, 0.6) is 0 Å². The molecule has 1 N–H and O–H groups in total. The number of aryl methyl sites for hydroxylation is 1. The lowest BCUT2D eigenvalue weighted by Gasteiger charge is -2.27. The molecule has 0 saturated carbocycles. The van der Waals surface area contributed by atoms with Crippen LogP contribution in [0.15, 0.2) is 73.6 Å². The van der Waals surface area contributed by atoms with Gasteiger partial charge in [0.05, 0.1) is 29.9 Å². The SMILES string of the molecule is C=CC(=O)Nc1ccc(N(OC)c2nccc(-c3cn(C)c4ccccc34)n2)cc1N(C)CCN(C)C. The largest absolute Gasteiger partial charge is 0.372 e. The third kappa shape index (κ3) is 5.63. The highest BCUT2D eigenvalue weighted by atomic mass is 16.7. The number of hydrogen-bond acceptors (Lipinski definition) is 7. The van der Waals surface area contributed by atoms with Crippen molar-refractivity contribution in [2.24, 2.45) is 7.05 Å². The molecule has 0 bridgehead atoms. The molecule has 9 nitrogen and oxygen atoms in total. The number of anilines is 4. The molecule has 2 heterocycles. The molecule has 0 spiro atoms. The first kappa shape index (κ1) is 25.9. The summed E-state index contributed by atoms with van der Waals surface area (Å²) in [6.45, 7) is 5.17. The molecule has 0 atom stereocenters. The van der Waals surface area contributed by atoms with Crippen molar-refractivity contribution < 1.29 is 9.63 Å². The Bertz CT molecular complexity index is 1410. The highest BCUT2D eigenvalue weighted by Crippen LogP contribution is 2.34. The van der Waals surface area contributed by atoms with Crippen LogP contribution in [-0.2, 0) is 16.7 Å². The van der Waals surface area contributed by atoms with Gasteiger partial charge in [0.1, 0.15) is 0 Å². The van der Waals surface area contributed by atoms with Crippen LogP contribution in [0.4, 0.5) is 23.0 Å². The third-order valence-electron chi connectivity index (χ3n) is 6.13. The Hall–Kier alpha value is -4.21. The molecule has 0 aliphatic heterocycles. The van der Waals surface area contributed by atoms with Crippen LogP contribution in [0.3, 0.4) is 0 Å². The van der Waals surface area contributed by atoms with Crippen LogP contribution in [0.1, 0.15) is 0 Å². The molecule has 4 rings (SSSR count). The lowest BCUT2D eigenvalue weighted by molar-refractivity contribution is -0.111. The number of para-hydroxylation sites is 1.